The Morgan fingerprint density at radius 3 is 2.70 bits per heavy atom. The van der Waals surface area contributed by atoms with Crippen LogP contribution in [-0.4, -0.2) is 68.6 Å². The molecule has 0 radical (unpaired) electrons. The Morgan fingerprint density at radius 2 is 2.03 bits per heavy atom. The van der Waals surface area contributed by atoms with Crippen LogP contribution in [0, 0.1) is 18.7 Å². The summed E-state index contributed by atoms with van der Waals surface area (Å²) < 4.78 is 22.0. The molecule has 37 heavy (non-hydrogen) atoms. The summed E-state index contributed by atoms with van der Waals surface area (Å²) in [5.74, 6) is -0.337. The van der Waals surface area contributed by atoms with Gasteiger partial charge in [0.2, 0.25) is 6.41 Å². The quantitative estimate of drug-likeness (QED) is 0.458. The molecule has 1 aromatic carbocycles. The number of likely N-dealkylation sites (tertiary alicyclic amines) is 1. The molecule has 4 rings (SSSR count). The van der Waals surface area contributed by atoms with Gasteiger partial charge in [0.15, 0.2) is 0 Å². The number of nitrogens with zero attached hydrogens (tertiary/aromatic N) is 4. The van der Waals surface area contributed by atoms with Crippen molar-refractivity contribution in [2.24, 2.45) is 5.92 Å². The molecular weight excluding hydrogens is 471 g/mol. The molecule has 1 N–H and O–H groups in total. The Bertz CT molecular complexity index is 1280. The number of aromatic nitrogens is 2. The molecule has 3 heterocycles. The lowest BCUT2D eigenvalue weighted by Crippen LogP contribution is -2.40. The highest BCUT2D eigenvalue weighted by atomic mass is 19.1. The molecule has 1 aliphatic rings. The number of carbonyl (C=O) groups is 1. The van der Waals surface area contributed by atoms with E-state index in [4.69, 9.17) is 4.74 Å². The Hall–Kier alpha value is -2.81. The molecule has 0 saturated carbocycles. The van der Waals surface area contributed by atoms with Crippen LogP contribution >= 0.6 is 0 Å². The Balaban J connectivity index is 1.70. The van der Waals surface area contributed by atoms with Crippen molar-refractivity contribution in [2.45, 2.75) is 72.4 Å². The first-order valence-corrected chi connectivity index (χ1v) is 13.0. The zero-order valence-electron chi connectivity index (χ0n) is 23.0. The highest BCUT2D eigenvalue weighted by Crippen LogP contribution is 2.33. The van der Waals surface area contributed by atoms with Crippen LogP contribution in [0.1, 0.15) is 62.5 Å². The summed E-state index contributed by atoms with van der Waals surface area (Å²) in [6, 6.07) is 4.35. The van der Waals surface area contributed by atoms with E-state index in [1.807, 2.05) is 57.2 Å². The topological polar surface area (TPSA) is 70.8 Å². The number of hydrogen-bond donors (Lipinski definition) is 1. The van der Waals surface area contributed by atoms with Gasteiger partial charge in [0.05, 0.1) is 28.6 Å². The Kier molecular flexibility index (Phi) is 7.74. The first kappa shape index (κ1) is 27.2. The molecule has 200 valence electrons. The zero-order valence-corrected chi connectivity index (χ0v) is 23.0. The summed E-state index contributed by atoms with van der Waals surface area (Å²) in [6.07, 6.45) is 6.54. The molecule has 0 aliphatic carbocycles. The number of ether oxygens (including phenoxy) is 1. The van der Waals surface area contributed by atoms with Crippen molar-refractivity contribution in [2.75, 3.05) is 20.1 Å². The molecule has 2 atom stereocenters. The number of benzene rings is 1. The average molecular weight is 511 g/mol. The lowest BCUT2D eigenvalue weighted by molar-refractivity contribution is -0.234. The normalized spacial score (nSPS) is 17.6. The number of aliphatic hydroxyl groups excluding tert-OH is 1. The van der Waals surface area contributed by atoms with Gasteiger partial charge in [0.1, 0.15) is 5.82 Å². The average Bonchev–Trinajstić information content (AvgIpc) is 3.43. The molecular formula is C29H39FN4O3. The Morgan fingerprint density at radius 1 is 1.30 bits per heavy atom. The van der Waals surface area contributed by atoms with Crippen LogP contribution in [-0.2, 0) is 11.2 Å². The van der Waals surface area contributed by atoms with Crippen molar-refractivity contribution in [3.8, 4) is 5.69 Å². The van der Waals surface area contributed by atoms with Gasteiger partial charge in [0.25, 0.3) is 5.91 Å². The van der Waals surface area contributed by atoms with Gasteiger partial charge >= 0.3 is 0 Å². The third kappa shape index (κ3) is 5.87. The molecule has 0 bridgehead atoms. The van der Waals surface area contributed by atoms with E-state index in [0.29, 0.717) is 17.2 Å². The maximum absolute atomic E-state index is 14.3. The van der Waals surface area contributed by atoms with Gasteiger partial charge in [-0.2, -0.15) is 0 Å². The molecule has 7 nitrogen and oxygen atoms in total. The summed E-state index contributed by atoms with van der Waals surface area (Å²) >= 11 is 0. The van der Waals surface area contributed by atoms with Crippen LogP contribution in [0.4, 0.5) is 4.39 Å². The summed E-state index contributed by atoms with van der Waals surface area (Å²) in [6.45, 7) is 13.2. The maximum atomic E-state index is 14.3. The minimum atomic E-state index is -0.928. The van der Waals surface area contributed by atoms with Crippen molar-refractivity contribution in [3.63, 3.8) is 0 Å². The minimum Gasteiger partial charge on any atom is -0.356 e. The summed E-state index contributed by atoms with van der Waals surface area (Å²) in [7, 11) is 1.73. The van der Waals surface area contributed by atoms with E-state index in [1.54, 1.807) is 24.2 Å². The van der Waals surface area contributed by atoms with Crippen LogP contribution in [0.2, 0.25) is 0 Å². The second kappa shape index (κ2) is 10.5. The smallest absolute Gasteiger partial charge is 0.256 e. The number of rotatable bonds is 7. The van der Waals surface area contributed by atoms with E-state index in [9.17, 15) is 14.3 Å². The van der Waals surface area contributed by atoms with Crippen molar-refractivity contribution in [1.29, 1.82) is 0 Å². The predicted molar refractivity (Wildman–Crippen MR) is 143 cm³/mol. The fourth-order valence-corrected chi connectivity index (χ4v) is 5.04. The number of halogens is 1. The molecule has 0 spiro atoms. The van der Waals surface area contributed by atoms with Crippen LogP contribution < -0.4 is 0 Å². The molecule has 3 aromatic rings. The van der Waals surface area contributed by atoms with Crippen LogP contribution in [0.5, 0.6) is 0 Å². The van der Waals surface area contributed by atoms with Gasteiger partial charge < -0.3 is 19.3 Å². The molecule has 1 fully saturated rings. The zero-order chi connectivity index (χ0) is 27.1. The molecule has 8 heteroatoms. The van der Waals surface area contributed by atoms with Gasteiger partial charge in [-0.15, -0.1) is 0 Å². The van der Waals surface area contributed by atoms with Crippen molar-refractivity contribution >= 4 is 16.8 Å². The van der Waals surface area contributed by atoms with Gasteiger partial charge in [-0.1, -0.05) is 0 Å². The first-order chi connectivity index (χ1) is 17.4. The molecule has 1 saturated heterocycles. The number of hydrogen-bond acceptors (Lipinski definition) is 5. The summed E-state index contributed by atoms with van der Waals surface area (Å²) in [5.41, 5.74) is 3.59. The van der Waals surface area contributed by atoms with Crippen LogP contribution in [0.15, 0.2) is 36.8 Å². The van der Waals surface area contributed by atoms with E-state index in [-0.39, 0.29) is 11.9 Å². The second-order valence-corrected chi connectivity index (χ2v) is 11.5. The fraction of sp³-hybridized carbons (Fsp3) is 0.517. The van der Waals surface area contributed by atoms with Crippen LogP contribution in [0.25, 0.3) is 16.6 Å². The fourth-order valence-electron chi connectivity index (χ4n) is 5.04. The lowest BCUT2D eigenvalue weighted by Gasteiger charge is -2.29. The Labute approximate surface area is 218 Å². The predicted octanol–water partition coefficient (Wildman–Crippen LogP) is 4.91. The van der Waals surface area contributed by atoms with Crippen molar-refractivity contribution < 1.29 is 19.0 Å². The molecule has 1 amide bonds. The van der Waals surface area contributed by atoms with Crippen molar-refractivity contribution in [3.05, 3.63) is 59.3 Å². The lowest BCUT2D eigenvalue weighted by atomic mass is 9.97. The van der Waals surface area contributed by atoms with Crippen molar-refractivity contribution in [1.82, 2.24) is 19.4 Å². The van der Waals surface area contributed by atoms with E-state index >= 15 is 0 Å². The number of pyridine rings is 1. The molecule has 1 aliphatic heterocycles. The number of aryl methyl sites for hydroxylation is 1. The number of aliphatic hydroxyl groups is 1. The highest BCUT2D eigenvalue weighted by Gasteiger charge is 2.31. The first-order valence-electron chi connectivity index (χ1n) is 13.0. The second-order valence-electron chi connectivity index (χ2n) is 11.5. The molecule has 1 unspecified atom stereocenters. The molecule has 2 aromatic heterocycles. The largest absolute Gasteiger partial charge is 0.356 e. The summed E-state index contributed by atoms with van der Waals surface area (Å²) in [4.78, 5) is 21.3. The van der Waals surface area contributed by atoms with Gasteiger partial charge in [-0.3, -0.25) is 14.7 Å². The van der Waals surface area contributed by atoms with E-state index in [2.05, 4.69) is 11.2 Å². The third-order valence-corrected chi connectivity index (χ3v) is 7.12. The third-order valence-electron chi connectivity index (χ3n) is 7.12. The van der Waals surface area contributed by atoms with Gasteiger partial charge in [-0.05, 0) is 89.6 Å². The number of fused-ring (bicyclic) bond motifs is 1. The highest BCUT2D eigenvalue weighted by molar-refractivity contribution is 5.99. The number of carbonyl (C=O) groups excluding carboxylic acids is 1. The monoisotopic (exact) mass is 510 g/mol. The van der Waals surface area contributed by atoms with E-state index in [1.165, 1.54) is 12.1 Å². The SMILES string of the molecule is Cc1cncc2c1c(C[C@@H]1CCN(C(O)OC(C)(C)C)C1)cn2-c1ccc(F)cc1C(=O)N(C)C(C)C. The summed E-state index contributed by atoms with van der Waals surface area (Å²) in [5, 5.41) is 11.6. The standard InChI is InChI=1S/C29H39FN4O3/c1-18(2)32(7)27(35)23-13-22(30)8-9-24(23)34-17-21(26-19(3)14-31-15-25(26)34)12-20-10-11-33(16-20)28(36)37-29(4,5)6/h8-9,13-15,17-18,20,28,36H,10-12,16H2,1-7H3/t20-,28?/m0/s1. The van der Waals surface area contributed by atoms with E-state index < -0.39 is 17.8 Å². The van der Waals surface area contributed by atoms with E-state index in [0.717, 1.165) is 48.0 Å². The van der Waals surface area contributed by atoms with Crippen LogP contribution in [0.3, 0.4) is 0 Å². The minimum absolute atomic E-state index is 0.0209. The maximum Gasteiger partial charge on any atom is 0.256 e. The van der Waals surface area contributed by atoms with Gasteiger partial charge in [0, 0.05) is 44.0 Å². The van der Waals surface area contributed by atoms with Gasteiger partial charge in [-0.25, -0.2) is 4.39 Å². The number of amides is 1.